The van der Waals surface area contributed by atoms with Crippen molar-refractivity contribution < 1.29 is 19.4 Å². The summed E-state index contributed by atoms with van der Waals surface area (Å²) in [4.78, 5) is 13.1. The van der Waals surface area contributed by atoms with Gasteiger partial charge in [0.15, 0.2) is 0 Å². The zero-order chi connectivity index (χ0) is 13.8. The molecule has 0 bridgehead atoms. The molecule has 0 aromatic heterocycles. The van der Waals surface area contributed by atoms with Crippen molar-refractivity contribution in [3.8, 4) is 11.5 Å². The molecule has 0 amide bonds. The van der Waals surface area contributed by atoms with Gasteiger partial charge in [0.25, 0.3) is 0 Å². The highest BCUT2D eigenvalue weighted by Crippen LogP contribution is 2.28. The monoisotopic (exact) mass is 265 g/mol. The summed E-state index contributed by atoms with van der Waals surface area (Å²) in [5, 5.41) is 9.18. The summed E-state index contributed by atoms with van der Waals surface area (Å²) in [6.07, 6.45) is 1.64. The summed E-state index contributed by atoms with van der Waals surface area (Å²) in [5.41, 5.74) is 0.983. The smallest absolute Gasteiger partial charge is 0.320 e. The van der Waals surface area contributed by atoms with Crippen molar-refractivity contribution in [3.63, 3.8) is 0 Å². The molecule has 0 radical (unpaired) electrons. The molecule has 1 N–H and O–H groups in total. The van der Waals surface area contributed by atoms with Gasteiger partial charge < -0.3 is 14.6 Å². The van der Waals surface area contributed by atoms with E-state index in [1.54, 1.807) is 14.2 Å². The summed E-state index contributed by atoms with van der Waals surface area (Å²) in [7, 11) is 3.21. The highest BCUT2D eigenvalue weighted by Gasteiger charge is 2.30. The Kier molecular flexibility index (Phi) is 4.27. The number of benzene rings is 1. The molecule has 1 aromatic rings. The fraction of sp³-hybridized carbons (Fsp3) is 0.500. The van der Waals surface area contributed by atoms with Crippen LogP contribution < -0.4 is 9.47 Å². The van der Waals surface area contributed by atoms with Crippen LogP contribution in [0.4, 0.5) is 0 Å². The first kappa shape index (κ1) is 13.7. The molecule has 1 aliphatic rings. The molecular formula is C14H19NO4. The molecule has 104 valence electrons. The van der Waals surface area contributed by atoms with Gasteiger partial charge in [0.1, 0.15) is 17.5 Å². The molecule has 0 aliphatic carbocycles. The number of nitrogens with zero attached hydrogens (tertiary/aromatic N) is 1. The standard InChI is InChI=1S/C14H19NO4/c1-18-11-6-5-10(13(8-11)19-2)9-15-7-3-4-12(15)14(16)17/h5-6,8,12H,3-4,7,9H2,1-2H3,(H,16,17). The van der Waals surface area contributed by atoms with Gasteiger partial charge in [0.2, 0.25) is 0 Å². The Morgan fingerprint density at radius 3 is 2.84 bits per heavy atom. The summed E-state index contributed by atoms with van der Waals surface area (Å²) < 4.78 is 10.5. The van der Waals surface area contributed by atoms with Crippen LogP contribution in [0.3, 0.4) is 0 Å². The summed E-state index contributed by atoms with van der Waals surface area (Å²) in [6, 6.07) is 5.23. The molecule has 1 aromatic carbocycles. The minimum absolute atomic E-state index is 0.383. The van der Waals surface area contributed by atoms with E-state index in [1.165, 1.54) is 0 Å². The van der Waals surface area contributed by atoms with E-state index >= 15 is 0 Å². The first-order valence-corrected chi connectivity index (χ1v) is 6.33. The number of likely N-dealkylation sites (tertiary alicyclic amines) is 1. The predicted molar refractivity (Wildman–Crippen MR) is 70.6 cm³/mol. The Bertz CT molecular complexity index is 461. The van der Waals surface area contributed by atoms with Crippen molar-refractivity contribution in [1.82, 2.24) is 4.90 Å². The van der Waals surface area contributed by atoms with Gasteiger partial charge in [-0.1, -0.05) is 6.07 Å². The van der Waals surface area contributed by atoms with Crippen LogP contribution in [0.2, 0.25) is 0 Å². The SMILES string of the molecule is COc1ccc(CN2CCCC2C(=O)O)c(OC)c1. The molecule has 1 fully saturated rings. The second-order valence-corrected chi connectivity index (χ2v) is 4.64. The first-order chi connectivity index (χ1) is 9.15. The van der Waals surface area contributed by atoms with Crippen LogP contribution >= 0.6 is 0 Å². The number of carbonyl (C=O) groups is 1. The van der Waals surface area contributed by atoms with Gasteiger partial charge in [0.05, 0.1) is 14.2 Å². The third-order valence-electron chi connectivity index (χ3n) is 3.52. The molecule has 5 nitrogen and oxygen atoms in total. The number of hydrogen-bond acceptors (Lipinski definition) is 4. The van der Waals surface area contributed by atoms with Crippen LogP contribution in [0.1, 0.15) is 18.4 Å². The van der Waals surface area contributed by atoms with Crippen LogP contribution in [0.5, 0.6) is 11.5 Å². The Morgan fingerprint density at radius 1 is 1.42 bits per heavy atom. The lowest BCUT2D eigenvalue weighted by Gasteiger charge is -2.22. The number of rotatable bonds is 5. The Hall–Kier alpha value is -1.75. The third kappa shape index (κ3) is 2.98. The van der Waals surface area contributed by atoms with Crippen molar-refractivity contribution in [3.05, 3.63) is 23.8 Å². The van der Waals surface area contributed by atoms with E-state index < -0.39 is 5.97 Å². The summed E-state index contributed by atoms with van der Waals surface area (Å²) in [6.45, 7) is 1.40. The van der Waals surface area contributed by atoms with Crippen molar-refractivity contribution in [1.29, 1.82) is 0 Å². The van der Waals surface area contributed by atoms with E-state index in [0.717, 1.165) is 30.0 Å². The molecule has 1 saturated heterocycles. The van der Waals surface area contributed by atoms with E-state index in [2.05, 4.69) is 0 Å². The first-order valence-electron chi connectivity index (χ1n) is 6.33. The Morgan fingerprint density at radius 2 is 2.21 bits per heavy atom. The summed E-state index contributed by atoms with van der Waals surface area (Å²) >= 11 is 0. The largest absolute Gasteiger partial charge is 0.497 e. The molecule has 2 rings (SSSR count). The molecule has 1 unspecified atom stereocenters. The third-order valence-corrected chi connectivity index (χ3v) is 3.52. The van der Waals surface area contributed by atoms with E-state index in [-0.39, 0.29) is 6.04 Å². The summed E-state index contributed by atoms with van der Waals surface area (Å²) in [5.74, 6) is 0.720. The number of aliphatic carboxylic acids is 1. The second-order valence-electron chi connectivity index (χ2n) is 4.64. The number of ether oxygens (including phenoxy) is 2. The van der Waals surface area contributed by atoms with Crippen molar-refractivity contribution in [2.45, 2.75) is 25.4 Å². The van der Waals surface area contributed by atoms with Gasteiger partial charge in [-0.15, -0.1) is 0 Å². The second kappa shape index (κ2) is 5.93. The zero-order valence-corrected chi connectivity index (χ0v) is 11.3. The average molecular weight is 265 g/mol. The maximum absolute atomic E-state index is 11.2. The van der Waals surface area contributed by atoms with Gasteiger partial charge in [-0.25, -0.2) is 0 Å². The number of hydrogen-bond donors (Lipinski definition) is 1. The lowest BCUT2D eigenvalue weighted by atomic mass is 10.1. The predicted octanol–water partition coefficient (Wildman–Crippen LogP) is 1.75. The van der Waals surface area contributed by atoms with Gasteiger partial charge in [0, 0.05) is 18.2 Å². The maximum atomic E-state index is 11.2. The van der Waals surface area contributed by atoms with E-state index in [0.29, 0.717) is 13.0 Å². The fourth-order valence-corrected chi connectivity index (χ4v) is 2.50. The molecule has 0 spiro atoms. The lowest BCUT2D eigenvalue weighted by molar-refractivity contribution is -0.142. The average Bonchev–Trinajstić information content (AvgIpc) is 2.87. The van der Waals surface area contributed by atoms with E-state index in [9.17, 15) is 9.90 Å². The maximum Gasteiger partial charge on any atom is 0.320 e. The molecule has 1 heterocycles. The quantitative estimate of drug-likeness (QED) is 0.879. The van der Waals surface area contributed by atoms with Crippen LogP contribution in [-0.4, -0.2) is 42.8 Å². The normalized spacial score (nSPS) is 19.4. The van der Waals surface area contributed by atoms with Crippen LogP contribution in [0.15, 0.2) is 18.2 Å². The molecule has 1 aliphatic heterocycles. The highest BCUT2D eigenvalue weighted by atomic mass is 16.5. The van der Waals surface area contributed by atoms with Crippen LogP contribution in [-0.2, 0) is 11.3 Å². The molecule has 0 saturated carbocycles. The highest BCUT2D eigenvalue weighted by molar-refractivity contribution is 5.73. The Labute approximate surface area is 112 Å². The molecular weight excluding hydrogens is 246 g/mol. The molecule has 19 heavy (non-hydrogen) atoms. The number of methoxy groups -OCH3 is 2. The zero-order valence-electron chi connectivity index (χ0n) is 11.3. The van der Waals surface area contributed by atoms with E-state index in [1.807, 2.05) is 23.1 Å². The molecule has 1 atom stereocenters. The topological polar surface area (TPSA) is 59.0 Å². The number of carboxylic acids is 1. The van der Waals surface area contributed by atoms with Gasteiger partial charge in [-0.2, -0.15) is 0 Å². The number of carboxylic acid groups (broad SMARTS) is 1. The van der Waals surface area contributed by atoms with Gasteiger partial charge >= 0.3 is 5.97 Å². The minimum Gasteiger partial charge on any atom is -0.497 e. The van der Waals surface area contributed by atoms with Crippen LogP contribution in [0.25, 0.3) is 0 Å². The Balaban J connectivity index is 2.16. The fourth-order valence-electron chi connectivity index (χ4n) is 2.50. The van der Waals surface area contributed by atoms with Crippen molar-refractivity contribution in [2.24, 2.45) is 0 Å². The van der Waals surface area contributed by atoms with Gasteiger partial charge in [-0.05, 0) is 25.5 Å². The molecule has 5 heteroatoms. The van der Waals surface area contributed by atoms with Gasteiger partial charge in [-0.3, -0.25) is 9.69 Å². The van der Waals surface area contributed by atoms with E-state index in [4.69, 9.17) is 9.47 Å². The lowest BCUT2D eigenvalue weighted by Crippen LogP contribution is -2.35. The minimum atomic E-state index is -0.745. The van der Waals surface area contributed by atoms with Crippen LogP contribution in [0, 0.1) is 0 Å². The van der Waals surface area contributed by atoms with Crippen molar-refractivity contribution in [2.75, 3.05) is 20.8 Å². The van der Waals surface area contributed by atoms with Crippen molar-refractivity contribution >= 4 is 5.97 Å².